The number of aromatic amines is 1. The highest BCUT2D eigenvalue weighted by atomic mass is 35.5. The number of halogens is 3. The average Bonchev–Trinajstić information content (AvgIpc) is 3.45. The number of nitriles is 1. The number of benzene rings is 3. The normalized spacial score (nSPS) is 13.6. The minimum absolute atomic E-state index is 0.000770. The molecular formula is C34H32Cl2FN5O5. The lowest BCUT2D eigenvalue weighted by Gasteiger charge is -2.32. The molecule has 1 fully saturated rings. The van der Waals surface area contributed by atoms with Crippen molar-refractivity contribution in [2.75, 3.05) is 18.4 Å². The van der Waals surface area contributed by atoms with E-state index in [2.05, 4.69) is 15.6 Å². The molecular weight excluding hydrogens is 648 g/mol. The van der Waals surface area contributed by atoms with Crippen molar-refractivity contribution in [3.8, 4) is 17.6 Å². The molecule has 2 heterocycles. The predicted octanol–water partition coefficient (Wildman–Crippen LogP) is 7.79. The molecule has 3 amide bonds. The first-order chi connectivity index (χ1) is 22.3. The summed E-state index contributed by atoms with van der Waals surface area (Å²) in [7, 11) is 0. The first-order valence-corrected chi connectivity index (χ1v) is 15.6. The van der Waals surface area contributed by atoms with Gasteiger partial charge in [0.2, 0.25) is 5.91 Å². The summed E-state index contributed by atoms with van der Waals surface area (Å²) in [5.41, 5.74) is 1.26. The van der Waals surface area contributed by atoms with Gasteiger partial charge in [-0.2, -0.15) is 5.26 Å². The Kier molecular flexibility index (Phi) is 9.94. The largest absolute Gasteiger partial charge is 0.453 e. The van der Waals surface area contributed by atoms with Crippen molar-refractivity contribution < 1.29 is 28.2 Å². The first kappa shape index (κ1) is 33.6. The third-order valence-corrected chi connectivity index (χ3v) is 7.95. The summed E-state index contributed by atoms with van der Waals surface area (Å²) in [4.78, 5) is 43.0. The second-order valence-electron chi connectivity index (χ2n) is 12.1. The van der Waals surface area contributed by atoms with Crippen molar-refractivity contribution in [1.82, 2.24) is 15.2 Å². The van der Waals surface area contributed by atoms with Crippen molar-refractivity contribution in [2.45, 2.75) is 45.8 Å². The number of fused-ring (bicyclic) bond motifs is 1. The molecule has 0 saturated carbocycles. The molecule has 4 aromatic rings. The van der Waals surface area contributed by atoms with E-state index in [1.807, 2.05) is 26.8 Å². The van der Waals surface area contributed by atoms with Crippen LogP contribution in [-0.2, 0) is 16.1 Å². The van der Waals surface area contributed by atoms with Crippen LogP contribution in [-0.4, -0.2) is 46.5 Å². The summed E-state index contributed by atoms with van der Waals surface area (Å²) in [6.45, 7) is 6.14. The van der Waals surface area contributed by atoms with Crippen LogP contribution in [0.5, 0.6) is 11.5 Å². The van der Waals surface area contributed by atoms with Crippen LogP contribution in [0.4, 0.5) is 14.9 Å². The predicted molar refractivity (Wildman–Crippen MR) is 176 cm³/mol. The van der Waals surface area contributed by atoms with Gasteiger partial charge in [0.25, 0.3) is 5.91 Å². The molecule has 1 aliphatic heterocycles. The molecule has 0 unspecified atom stereocenters. The van der Waals surface area contributed by atoms with Crippen LogP contribution in [0.15, 0.2) is 54.6 Å². The van der Waals surface area contributed by atoms with Crippen molar-refractivity contribution >= 4 is 57.7 Å². The molecule has 0 spiro atoms. The number of aromatic nitrogens is 1. The van der Waals surface area contributed by atoms with Gasteiger partial charge in [0.05, 0.1) is 16.7 Å². The number of nitrogens with one attached hydrogen (secondary N) is 3. The average molecular weight is 681 g/mol. The fourth-order valence-electron chi connectivity index (χ4n) is 5.11. The van der Waals surface area contributed by atoms with Gasteiger partial charge in [-0.15, -0.1) is 0 Å². The van der Waals surface area contributed by atoms with Gasteiger partial charge in [0.15, 0.2) is 11.6 Å². The number of hydrogen-bond donors (Lipinski definition) is 3. The van der Waals surface area contributed by atoms with Gasteiger partial charge >= 0.3 is 6.09 Å². The Bertz CT molecular complexity index is 1890. The van der Waals surface area contributed by atoms with Crippen LogP contribution in [0.3, 0.4) is 0 Å². The van der Waals surface area contributed by atoms with Gasteiger partial charge in [0.1, 0.15) is 17.0 Å². The Hall–Kier alpha value is -4.79. The molecule has 13 heteroatoms. The maximum absolute atomic E-state index is 15.4. The number of hydrogen-bond acceptors (Lipinski definition) is 6. The molecule has 0 radical (unpaired) electrons. The maximum Gasteiger partial charge on any atom is 0.410 e. The van der Waals surface area contributed by atoms with Crippen LogP contribution < -0.4 is 15.4 Å². The lowest BCUT2D eigenvalue weighted by Crippen LogP contribution is -2.43. The van der Waals surface area contributed by atoms with Crippen molar-refractivity contribution in [3.05, 3.63) is 87.3 Å². The second-order valence-corrected chi connectivity index (χ2v) is 13.0. The molecule has 0 aliphatic carbocycles. The highest BCUT2D eigenvalue weighted by Crippen LogP contribution is 2.35. The number of piperidine rings is 1. The minimum atomic E-state index is -0.774. The number of anilines is 1. The van der Waals surface area contributed by atoms with Crippen LogP contribution in [0.1, 0.15) is 55.2 Å². The highest BCUT2D eigenvalue weighted by Gasteiger charge is 2.30. The smallest absolute Gasteiger partial charge is 0.410 e. The molecule has 3 aromatic carbocycles. The standard InChI is InChI=1S/C34H32Cl2FN5O5/c1-34(2,3)47-33(45)42-10-8-20(9-11-42)31(43)40-24-5-7-27-22(14-24)15-28(41-27)32(44)39-18-21-4-6-26(36)30(29(21)37)46-25-13-19(17-38)12-23(35)16-25/h4-7,12-16,20,41H,8-11,18H2,1-3H3,(H,39,44)(H,40,43). The minimum Gasteiger partial charge on any atom is -0.453 e. The number of carbonyl (C=O) groups excluding carboxylic acids is 3. The summed E-state index contributed by atoms with van der Waals surface area (Å²) in [6.07, 6.45) is 0.662. The third kappa shape index (κ3) is 8.33. The molecule has 244 valence electrons. The fourth-order valence-corrected chi connectivity index (χ4v) is 5.52. The highest BCUT2D eigenvalue weighted by molar-refractivity contribution is 6.32. The zero-order valence-corrected chi connectivity index (χ0v) is 27.4. The monoisotopic (exact) mass is 679 g/mol. The van der Waals surface area contributed by atoms with Crippen molar-refractivity contribution in [2.24, 2.45) is 5.92 Å². The summed E-state index contributed by atoms with van der Waals surface area (Å²) in [6, 6.07) is 16.0. The van der Waals surface area contributed by atoms with Crippen molar-refractivity contribution in [3.63, 3.8) is 0 Å². The molecule has 10 nitrogen and oxygen atoms in total. The quantitative estimate of drug-likeness (QED) is 0.182. The van der Waals surface area contributed by atoms with Gasteiger partial charge in [0, 0.05) is 52.7 Å². The Morgan fingerprint density at radius 3 is 2.51 bits per heavy atom. The number of carbonyl (C=O) groups is 3. The topological polar surface area (TPSA) is 137 Å². The van der Waals surface area contributed by atoms with E-state index in [1.54, 1.807) is 29.2 Å². The maximum atomic E-state index is 15.4. The molecule has 0 atom stereocenters. The van der Waals surface area contributed by atoms with E-state index < -0.39 is 17.3 Å². The summed E-state index contributed by atoms with van der Waals surface area (Å²) in [5.74, 6) is -1.78. The number of amides is 3. The fraction of sp³-hybridized carbons (Fsp3) is 0.294. The Morgan fingerprint density at radius 1 is 1.06 bits per heavy atom. The van der Waals surface area contributed by atoms with Crippen LogP contribution in [0, 0.1) is 23.1 Å². The Labute approximate surface area is 280 Å². The number of nitrogens with zero attached hydrogens (tertiary/aromatic N) is 2. The molecule has 0 bridgehead atoms. The van der Waals surface area contributed by atoms with Gasteiger partial charge < -0.3 is 30.0 Å². The zero-order valence-electron chi connectivity index (χ0n) is 25.9. The summed E-state index contributed by atoms with van der Waals surface area (Å²) < 4.78 is 26.5. The van der Waals surface area contributed by atoms with E-state index in [0.29, 0.717) is 42.5 Å². The van der Waals surface area contributed by atoms with Crippen LogP contribution >= 0.6 is 23.2 Å². The van der Waals surface area contributed by atoms with E-state index >= 15 is 4.39 Å². The molecule has 5 rings (SSSR count). The first-order valence-electron chi connectivity index (χ1n) is 14.8. The van der Waals surface area contributed by atoms with E-state index in [9.17, 15) is 19.6 Å². The summed E-state index contributed by atoms with van der Waals surface area (Å²) in [5, 5.41) is 15.7. The van der Waals surface area contributed by atoms with Crippen LogP contribution in [0.2, 0.25) is 10.0 Å². The van der Waals surface area contributed by atoms with Crippen molar-refractivity contribution in [1.29, 1.82) is 5.26 Å². The third-order valence-electron chi connectivity index (χ3n) is 7.44. The van der Waals surface area contributed by atoms with Gasteiger partial charge in [-0.3, -0.25) is 9.59 Å². The number of ether oxygens (including phenoxy) is 2. The molecule has 1 aromatic heterocycles. The Balaban J connectivity index is 1.19. The van der Waals surface area contributed by atoms with Gasteiger partial charge in [-0.05, 0) is 82.1 Å². The van der Waals surface area contributed by atoms with Gasteiger partial charge in [-0.25, -0.2) is 9.18 Å². The Morgan fingerprint density at radius 2 is 1.81 bits per heavy atom. The van der Waals surface area contributed by atoms with E-state index in [1.165, 1.54) is 30.3 Å². The van der Waals surface area contributed by atoms with E-state index in [0.717, 1.165) is 0 Å². The van der Waals surface area contributed by atoms with Gasteiger partial charge in [-0.1, -0.05) is 29.3 Å². The number of rotatable bonds is 7. The van der Waals surface area contributed by atoms with E-state index in [-0.39, 0.29) is 62.8 Å². The molecule has 47 heavy (non-hydrogen) atoms. The summed E-state index contributed by atoms with van der Waals surface area (Å²) >= 11 is 12.2. The van der Waals surface area contributed by atoms with Crippen LogP contribution in [0.25, 0.3) is 10.9 Å². The number of likely N-dealkylation sites (tertiary alicyclic amines) is 1. The molecule has 3 N–H and O–H groups in total. The zero-order chi connectivity index (χ0) is 33.9. The SMILES string of the molecule is CC(C)(C)OC(=O)N1CCC(C(=O)Nc2ccc3[nH]c(C(=O)NCc4ccc(Cl)c(Oc5cc(Cl)cc(C#N)c5)c4F)cc3c2)CC1. The number of H-pyrrole nitrogens is 1. The van der Waals surface area contributed by atoms with E-state index in [4.69, 9.17) is 32.7 Å². The molecule has 1 aliphatic rings. The lowest BCUT2D eigenvalue weighted by atomic mass is 9.96. The molecule has 1 saturated heterocycles. The second kappa shape index (κ2) is 13.9. The lowest BCUT2D eigenvalue weighted by molar-refractivity contribution is -0.121.